The van der Waals surface area contributed by atoms with Crippen LogP contribution in [-0.4, -0.2) is 57.0 Å². The third-order valence-corrected chi connectivity index (χ3v) is 6.71. The molecule has 0 spiro atoms. The van der Waals surface area contributed by atoms with E-state index in [2.05, 4.69) is 10.1 Å². The summed E-state index contributed by atoms with van der Waals surface area (Å²) in [5.74, 6) is 1.55. The Kier molecular flexibility index (Phi) is 5.19. The number of rotatable bonds is 4. The number of aliphatic hydroxyl groups is 1. The Balaban J connectivity index is 1.31. The van der Waals surface area contributed by atoms with Crippen LogP contribution in [0.4, 0.5) is 0 Å². The minimum absolute atomic E-state index is 0.0524. The topological polar surface area (TPSA) is 80.5 Å². The summed E-state index contributed by atoms with van der Waals surface area (Å²) >= 11 is 0. The molecule has 1 N–H and O–H groups in total. The Morgan fingerprint density at radius 1 is 1.06 bits per heavy atom. The first-order valence-electron chi connectivity index (χ1n) is 10.7. The number of nitrogens with zero attached hydrogens (tertiary/aromatic N) is 4. The number of likely N-dealkylation sites (tertiary alicyclic amines) is 1. The minimum atomic E-state index is -0.462. The molecule has 0 radical (unpaired) electrons. The van der Waals surface area contributed by atoms with Gasteiger partial charge >= 0.3 is 0 Å². The highest BCUT2D eigenvalue weighted by Crippen LogP contribution is 2.41. The molecule has 0 bridgehead atoms. The van der Waals surface area contributed by atoms with Crippen LogP contribution in [0.15, 0.2) is 61.2 Å². The van der Waals surface area contributed by atoms with Crippen molar-refractivity contribution in [1.82, 2.24) is 19.7 Å². The zero-order valence-electron chi connectivity index (χ0n) is 17.5. The maximum atomic E-state index is 13.3. The summed E-state index contributed by atoms with van der Waals surface area (Å²) in [5.41, 5.74) is 2.75. The van der Waals surface area contributed by atoms with Gasteiger partial charge in [0.2, 0.25) is 0 Å². The average molecular weight is 418 g/mol. The van der Waals surface area contributed by atoms with Crippen molar-refractivity contribution in [1.29, 1.82) is 0 Å². The number of methoxy groups -OCH3 is 1. The molecular formula is C24H26N4O3. The zero-order valence-corrected chi connectivity index (χ0v) is 17.5. The molecule has 2 heterocycles. The van der Waals surface area contributed by atoms with Crippen LogP contribution in [0.3, 0.4) is 0 Å². The summed E-state index contributed by atoms with van der Waals surface area (Å²) in [7, 11) is 1.65. The van der Waals surface area contributed by atoms with Crippen LogP contribution in [0, 0.1) is 11.8 Å². The van der Waals surface area contributed by atoms with E-state index in [9.17, 15) is 9.90 Å². The average Bonchev–Trinajstić information content (AvgIpc) is 3.48. The van der Waals surface area contributed by atoms with Gasteiger partial charge in [-0.3, -0.25) is 4.79 Å². The molecule has 160 valence electrons. The summed E-state index contributed by atoms with van der Waals surface area (Å²) < 4.78 is 6.99. The van der Waals surface area contributed by atoms with Crippen molar-refractivity contribution < 1.29 is 14.6 Å². The number of amides is 1. The van der Waals surface area contributed by atoms with Gasteiger partial charge in [0.1, 0.15) is 18.4 Å². The standard InChI is InChI=1S/C24H26N4O3/c1-31-21-7-5-16(6-8-21)17-3-2-4-18(9-17)24(30)27-12-19-10-22(28-15-25-14-26-28)23(29)11-20(19)13-27/h2-9,14-15,19-20,22-23,29H,10-13H2,1H3/t19-,20+,22-,23-/m1/s1. The third kappa shape index (κ3) is 3.81. The largest absolute Gasteiger partial charge is 0.497 e. The summed E-state index contributed by atoms with van der Waals surface area (Å²) in [6.45, 7) is 1.41. The minimum Gasteiger partial charge on any atom is -0.497 e. The first-order valence-corrected chi connectivity index (χ1v) is 10.7. The number of carbonyl (C=O) groups excluding carboxylic acids is 1. The van der Waals surface area contributed by atoms with Crippen LogP contribution in [0.2, 0.25) is 0 Å². The lowest BCUT2D eigenvalue weighted by Crippen LogP contribution is -2.36. The van der Waals surface area contributed by atoms with Gasteiger partial charge < -0.3 is 14.7 Å². The molecule has 5 rings (SSSR count). The predicted octanol–water partition coefficient (Wildman–Crippen LogP) is 3.04. The van der Waals surface area contributed by atoms with Crippen molar-refractivity contribution >= 4 is 5.91 Å². The van der Waals surface area contributed by atoms with Crippen molar-refractivity contribution in [2.24, 2.45) is 11.8 Å². The molecule has 1 amide bonds. The van der Waals surface area contributed by atoms with Crippen LogP contribution < -0.4 is 4.74 Å². The van der Waals surface area contributed by atoms with E-state index < -0.39 is 6.10 Å². The van der Waals surface area contributed by atoms with E-state index in [1.807, 2.05) is 53.4 Å². The van der Waals surface area contributed by atoms with Gasteiger partial charge in [-0.1, -0.05) is 24.3 Å². The molecule has 2 fully saturated rings. The van der Waals surface area contributed by atoms with Gasteiger partial charge in [0.25, 0.3) is 5.91 Å². The zero-order chi connectivity index (χ0) is 21.4. The third-order valence-electron chi connectivity index (χ3n) is 6.71. The van der Waals surface area contributed by atoms with Crippen LogP contribution >= 0.6 is 0 Å². The SMILES string of the molecule is COc1ccc(-c2cccc(C(=O)N3C[C@H]4C[C@@H](n5cncn5)[C@H](O)C[C@H]4C3)c2)cc1. The lowest BCUT2D eigenvalue weighted by molar-refractivity contribution is 0.0304. The molecule has 3 aromatic rings. The smallest absolute Gasteiger partial charge is 0.253 e. The number of aromatic nitrogens is 3. The van der Waals surface area contributed by atoms with Gasteiger partial charge in [-0.2, -0.15) is 5.10 Å². The lowest BCUT2D eigenvalue weighted by atomic mass is 9.77. The second-order valence-corrected chi connectivity index (χ2v) is 8.52. The second-order valence-electron chi connectivity index (χ2n) is 8.52. The molecule has 0 unspecified atom stereocenters. The van der Waals surface area contributed by atoms with Crippen LogP contribution in [-0.2, 0) is 0 Å². The molecule has 2 aliphatic rings. The molecule has 1 saturated heterocycles. The Hall–Kier alpha value is -3.19. The summed E-state index contributed by atoms with van der Waals surface area (Å²) in [6, 6.07) is 15.6. The van der Waals surface area contributed by atoms with Gasteiger partial charge in [-0.15, -0.1) is 0 Å². The van der Waals surface area contributed by atoms with Crippen LogP contribution in [0.25, 0.3) is 11.1 Å². The van der Waals surface area contributed by atoms with Gasteiger partial charge in [0.05, 0.1) is 19.3 Å². The molecular weight excluding hydrogens is 392 g/mol. The van der Waals surface area contributed by atoms with Crippen LogP contribution in [0.1, 0.15) is 29.2 Å². The van der Waals surface area contributed by atoms with Crippen molar-refractivity contribution in [2.75, 3.05) is 20.2 Å². The van der Waals surface area contributed by atoms with E-state index in [4.69, 9.17) is 4.74 Å². The molecule has 1 aliphatic heterocycles. The molecule has 2 aromatic carbocycles. The van der Waals surface area contributed by atoms with Gasteiger partial charge in [0, 0.05) is 18.7 Å². The number of carbonyl (C=O) groups is 1. The highest BCUT2D eigenvalue weighted by atomic mass is 16.5. The van der Waals surface area contributed by atoms with E-state index in [1.165, 1.54) is 6.33 Å². The molecule has 1 aliphatic carbocycles. The normalized spacial score (nSPS) is 25.3. The van der Waals surface area contributed by atoms with Gasteiger partial charge in [-0.05, 0) is 60.1 Å². The summed E-state index contributed by atoms with van der Waals surface area (Å²) in [6.07, 6.45) is 4.20. The molecule has 1 aromatic heterocycles. The fourth-order valence-electron chi connectivity index (χ4n) is 5.04. The fourth-order valence-corrected chi connectivity index (χ4v) is 5.04. The number of fused-ring (bicyclic) bond motifs is 1. The highest BCUT2D eigenvalue weighted by molar-refractivity contribution is 5.95. The second kappa shape index (κ2) is 8.15. The first kappa shape index (κ1) is 19.8. The predicted molar refractivity (Wildman–Crippen MR) is 116 cm³/mol. The monoisotopic (exact) mass is 418 g/mol. The van der Waals surface area contributed by atoms with Crippen molar-refractivity contribution in [3.63, 3.8) is 0 Å². The van der Waals surface area contributed by atoms with E-state index in [1.54, 1.807) is 18.1 Å². The number of ether oxygens (including phenoxy) is 1. The van der Waals surface area contributed by atoms with E-state index >= 15 is 0 Å². The number of hydrogen-bond donors (Lipinski definition) is 1. The van der Waals surface area contributed by atoms with Crippen LogP contribution in [0.5, 0.6) is 5.75 Å². The lowest BCUT2D eigenvalue weighted by Gasteiger charge is -2.34. The highest BCUT2D eigenvalue weighted by Gasteiger charge is 2.43. The Morgan fingerprint density at radius 3 is 2.55 bits per heavy atom. The summed E-state index contributed by atoms with van der Waals surface area (Å²) in [4.78, 5) is 19.2. The van der Waals surface area contributed by atoms with Gasteiger partial charge in [0.15, 0.2) is 0 Å². The van der Waals surface area contributed by atoms with E-state index in [0.29, 0.717) is 36.9 Å². The van der Waals surface area contributed by atoms with E-state index in [0.717, 1.165) is 23.3 Å². The first-order chi connectivity index (χ1) is 15.1. The molecule has 7 heteroatoms. The Bertz CT molecular complexity index is 1050. The number of aliphatic hydroxyl groups excluding tert-OH is 1. The maximum Gasteiger partial charge on any atom is 0.253 e. The number of hydrogen-bond acceptors (Lipinski definition) is 5. The Morgan fingerprint density at radius 2 is 1.84 bits per heavy atom. The van der Waals surface area contributed by atoms with Gasteiger partial charge in [-0.25, -0.2) is 9.67 Å². The maximum absolute atomic E-state index is 13.3. The molecule has 1 saturated carbocycles. The molecule has 7 nitrogen and oxygen atoms in total. The fraction of sp³-hybridized carbons (Fsp3) is 0.375. The number of benzene rings is 2. The molecule has 31 heavy (non-hydrogen) atoms. The molecule has 4 atom stereocenters. The van der Waals surface area contributed by atoms with E-state index in [-0.39, 0.29) is 11.9 Å². The quantitative estimate of drug-likeness (QED) is 0.704. The van der Waals surface area contributed by atoms with Crippen molar-refractivity contribution in [2.45, 2.75) is 25.0 Å². The van der Waals surface area contributed by atoms with Crippen molar-refractivity contribution in [3.8, 4) is 16.9 Å². The summed E-state index contributed by atoms with van der Waals surface area (Å²) in [5, 5.41) is 14.8. The Labute approximate surface area is 181 Å². The van der Waals surface area contributed by atoms with Crippen molar-refractivity contribution in [3.05, 3.63) is 66.7 Å².